The summed E-state index contributed by atoms with van der Waals surface area (Å²) in [5, 5.41) is 0. The lowest BCUT2D eigenvalue weighted by Gasteiger charge is -2.33. The third-order valence-corrected chi connectivity index (χ3v) is 6.65. The number of methoxy groups -OCH3 is 1. The average Bonchev–Trinajstić information content (AvgIpc) is 3.06. The number of esters is 2. The first-order valence-corrected chi connectivity index (χ1v) is 8.88. The van der Waals surface area contributed by atoms with Gasteiger partial charge in [0.25, 0.3) is 0 Å². The maximum absolute atomic E-state index is 12.2. The largest absolute Gasteiger partial charge is 0.393 e. The van der Waals surface area contributed by atoms with Gasteiger partial charge in [-0.15, -0.1) is 0 Å². The van der Waals surface area contributed by atoms with Crippen molar-refractivity contribution in [3.05, 3.63) is 0 Å². The number of ether oxygens (including phenoxy) is 4. The lowest BCUT2D eigenvalue weighted by atomic mass is 9.70. The first-order valence-electron chi connectivity index (χ1n) is 8.88. The molecule has 6 nitrogen and oxygen atoms in total. The molecule has 1 heterocycles. The van der Waals surface area contributed by atoms with Crippen LogP contribution in [-0.4, -0.2) is 44.7 Å². The summed E-state index contributed by atoms with van der Waals surface area (Å²) in [4.78, 5) is 24.0. The van der Waals surface area contributed by atoms with Crippen LogP contribution in [0.3, 0.4) is 0 Å². The summed E-state index contributed by atoms with van der Waals surface area (Å²) in [6.45, 7) is 7.41. The first kappa shape index (κ1) is 17.8. The van der Waals surface area contributed by atoms with E-state index in [4.69, 9.17) is 18.9 Å². The standard InChI is InChI=1S/C18H28O6/c1-10-12-5-6-13(18(12,3)23-9-22-8-7-21-4)14(10)15-11(2)16(19)24-17(15)20/h10-15H,5-9H2,1-4H3. The van der Waals surface area contributed by atoms with E-state index in [0.717, 1.165) is 12.8 Å². The molecule has 0 aromatic heterocycles. The molecule has 2 saturated carbocycles. The highest BCUT2D eigenvalue weighted by atomic mass is 16.7. The lowest BCUT2D eigenvalue weighted by molar-refractivity contribution is -0.162. The van der Waals surface area contributed by atoms with E-state index in [2.05, 4.69) is 13.8 Å². The van der Waals surface area contributed by atoms with Crippen molar-refractivity contribution in [1.82, 2.24) is 0 Å². The lowest BCUT2D eigenvalue weighted by Crippen LogP contribution is -2.38. The van der Waals surface area contributed by atoms with Gasteiger partial charge in [0.1, 0.15) is 6.79 Å². The van der Waals surface area contributed by atoms with E-state index < -0.39 is 0 Å². The van der Waals surface area contributed by atoms with Crippen molar-refractivity contribution in [3.63, 3.8) is 0 Å². The quantitative estimate of drug-likeness (QED) is 0.306. The van der Waals surface area contributed by atoms with Crippen molar-refractivity contribution in [1.29, 1.82) is 0 Å². The molecular formula is C18H28O6. The summed E-state index contributed by atoms with van der Waals surface area (Å²) >= 11 is 0. The number of carbonyl (C=O) groups is 2. The summed E-state index contributed by atoms with van der Waals surface area (Å²) < 4.78 is 21.5. The van der Waals surface area contributed by atoms with Gasteiger partial charge in [-0.05, 0) is 43.4 Å². The predicted molar refractivity (Wildman–Crippen MR) is 84.8 cm³/mol. The normalized spacial score (nSPS) is 44.3. The Morgan fingerprint density at radius 3 is 2.46 bits per heavy atom. The average molecular weight is 340 g/mol. The molecule has 0 amide bonds. The molecule has 1 aliphatic heterocycles. The smallest absolute Gasteiger partial charge is 0.317 e. The third-order valence-electron chi connectivity index (χ3n) is 6.65. The van der Waals surface area contributed by atoms with Crippen molar-refractivity contribution >= 4 is 11.9 Å². The van der Waals surface area contributed by atoms with Gasteiger partial charge >= 0.3 is 11.9 Å². The number of hydrogen-bond donors (Lipinski definition) is 0. The molecule has 0 radical (unpaired) electrons. The van der Waals surface area contributed by atoms with E-state index in [9.17, 15) is 9.59 Å². The molecule has 3 fully saturated rings. The van der Waals surface area contributed by atoms with Gasteiger partial charge in [-0.3, -0.25) is 9.59 Å². The molecule has 0 N–H and O–H groups in total. The SMILES string of the molecule is COCCOCOC1(C)C2CCC1C(C1C(=O)OC(=O)C1C)C2C. The molecular weight excluding hydrogens is 312 g/mol. The molecule has 0 aromatic carbocycles. The van der Waals surface area contributed by atoms with Crippen LogP contribution < -0.4 is 0 Å². The molecule has 0 spiro atoms. The highest BCUT2D eigenvalue weighted by Gasteiger charge is 2.65. The Bertz CT molecular complexity index is 506. The van der Waals surface area contributed by atoms with Crippen LogP contribution >= 0.6 is 0 Å². The fourth-order valence-corrected chi connectivity index (χ4v) is 5.46. The van der Waals surface area contributed by atoms with Crippen molar-refractivity contribution in [2.75, 3.05) is 27.1 Å². The molecule has 2 bridgehead atoms. The van der Waals surface area contributed by atoms with Gasteiger partial charge in [0.05, 0.1) is 30.7 Å². The molecule has 2 aliphatic carbocycles. The molecule has 7 unspecified atom stereocenters. The van der Waals surface area contributed by atoms with Crippen LogP contribution in [0.25, 0.3) is 0 Å². The van der Waals surface area contributed by atoms with Gasteiger partial charge in [0.15, 0.2) is 0 Å². The van der Waals surface area contributed by atoms with Crippen LogP contribution in [-0.2, 0) is 28.5 Å². The van der Waals surface area contributed by atoms with Crippen LogP contribution in [0.4, 0.5) is 0 Å². The minimum Gasteiger partial charge on any atom is -0.393 e. The van der Waals surface area contributed by atoms with E-state index in [1.165, 1.54) is 0 Å². The molecule has 24 heavy (non-hydrogen) atoms. The van der Waals surface area contributed by atoms with E-state index in [1.54, 1.807) is 7.11 Å². The molecule has 136 valence electrons. The van der Waals surface area contributed by atoms with E-state index in [0.29, 0.717) is 25.0 Å². The van der Waals surface area contributed by atoms with Crippen molar-refractivity contribution in [2.45, 2.75) is 39.2 Å². The summed E-state index contributed by atoms with van der Waals surface area (Å²) in [6.07, 6.45) is 2.12. The van der Waals surface area contributed by atoms with Crippen LogP contribution in [0, 0.1) is 35.5 Å². The van der Waals surface area contributed by atoms with Gasteiger partial charge in [-0.1, -0.05) is 13.8 Å². The molecule has 7 atom stereocenters. The van der Waals surface area contributed by atoms with Gasteiger partial charge in [-0.2, -0.15) is 0 Å². The summed E-state index contributed by atoms with van der Waals surface area (Å²) in [5.74, 6) is -0.309. The van der Waals surface area contributed by atoms with Crippen LogP contribution in [0.15, 0.2) is 0 Å². The topological polar surface area (TPSA) is 71.1 Å². The zero-order valence-electron chi connectivity index (χ0n) is 14.9. The summed E-state index contributed by atoms with van der Waals surface area (Å²) in [7, 11) is 1.64. The second-order valence-corrected chi connectivity index (χ2v) is 7.63. The second-order valence-electron chi connectivity index (χ2n) is 7.63. The fraction of sp³-hybridized carbons (Fsp3) is 0.889. The van der Waals surface area contributed by atoms with Gasteiger partial charge < -0.3 is 18.9 Å². The van der Waals surface area contributed by atoms with Gasteiger partial charge in [0, 0.05) is 7.11 Å². The van der Waals surface area contributed by atoms with Gasteiger partial charge in [0.2, 0.25) is 0 Å². The highest BCUT2D eigenvalue weighted by Crippen LogP contribution is 2.63. The number of rotatable bonds is 7. The zero-order valence-corrected chi connectivity index (χ0v) is 14.9. The summed E-state index contributed by atoms with van der Waals surface area (Å²) in [6, 6.07) is 0. The van der Waals surface area contributed by atoms with Crippen molar-refractivity contribution < 1.29 is 28.5 Å². The van der Waals surface area contributed by atoms with Crippen LogP contribution in [0.2, 0.25) is 0 Å². The number of fused-ring (bicyclic) bond motifs is 2. The Labute approximate surface area is 143 Å². The molecule has 3 rings (SSSR count). The Balaban J connectivity index is 1.71. The molecule has 0 aromatic rings. The number of cyclic esters (lactones) is 2. The first-order chi connectivity index (χ1) is 11.4. The van der Waals surface area contributed by atoms with Crippen LogP contribution in [0.1, 0.15) is 33.6 Å². The predicted octanol–water partition coefficient (Wildman–Crippen LogP) is 2.01. The number of carbonyl (C=O) groups excluding carboxylic acids is 2. The highest BCUT2D eigenvalue weighted by molar-refractivity contribution is 5.96. The van der Waals surface area contributed by atoms with Gasteiger partial charge in [-0.25, -0.2) is 0 Å². The third kappa shape index (κ3) is 2.68. The summed E-state index contributed by atoms with van der Waals surface area (Å²) in [5.41, 5.74) is -0.303. The van der Waals surface area contributed by atoms with Crippen LogP contribution in [0.5, 0.6) is 0 Å². The van der Waals surface area contributed by atoms with Crippen molar-refractivity contribution in [3.8, 4) is 0 Å². The van der Waals surface area contributed by atoms with E-state index >= 15 is 0 Å². The molecule has 3 aliphatic rings. The number of hydrogen-bond acceptors (Lipinski definition) is 6. The zero-order chi connectivity index (χ0) is 17.5. The van der Waals surface area contributed by atoms with E-state index in [-0.39, 0.29) is 48.0 Å². The Morgan fingerprint density at radius 2 is 1.83 bits per heavy atom. The maximum Gasteiger partial charge on any atom is 0.317 e. The second kappa shape index (κ2) is 6.73. The maximum atomic E-state index is 12.2. The Kier molecular flexibility index (Phi) is 5.00. The molecule has 1 saturated heterocycles. The Hall–Kier alpha value is -0.980. The monoisotopic (exact) mass is 340 g/mol. The molecule has 6 heteroatoms. The minimum absolute atomic E-state index is 0.140. The fourth-order valence-electron chi connectivity index (χ4n) is 5.46. The van der Waals surface area contributed by atoms with E-state index in [1.807, 2.05) is 6.92 Å². The minimum atomic E-state index is -0.384. The van der Waals surface area contributed by atoms with Crippen molar-refractivity contribution in [2.24, 2.45) is 35.5 Å². The Morgan fingerprint density at radius 1 is 1.12 bits per heavy atom.